The van der Waals surface area contributed by atoms with E-state index in [0.717, 1.165) is 10.0 Å². The molecule has 1 aromatic carbocycles. The van der Waals surface area contributed by atoms with E-state index in [-0.39, 0.29) is 11.8 Å². The normalized spacial score (nSPS) is 37.5. The second-order valence-electron chi connectivity index (χ2n) is 7.22. The van der Waals surface area contributed by atoms with Gasteiger partial charge in [0.2, 0.25) is 11.8 Å². The van der Waals surface area contributed by atoms with Crippen molar-refractivity contribution in [2.75, 3.05) is 0 Å². The molecule has 0 aromatic heterocycles. The monoisotopic (exact) mass is 387 g/mol. The third-order valence-electron chi connectivity index (χ3n) is 5.30. The number of aliphatic hydroxyl groups is 1. The topological polar surface area (TPSA) is 57.6 Å². The molecule has 1 aliphatic heterocycles. The molecule has 2 atom stereocenters. The first-order valence-electron chi connectivity index (χ1n) is 8.05. The second kappa shape index (κ2) is 5.14. The lowest BCUT2D eigenvalue weighted by molar-refractivity contribution is -0.172. The highest BCUT2D eigenvalue weighted by atomic mass is 79.9. The van der Waals surface area contributed by atoms with Crippen LogP contribution in [0.2, 0.25) is 0 Å². The van der Waals surface area contributed by atoms with Crippen molar-refractivity contribution in [3.8, 4) is 0 Å². The van der Waals surface area contributed by atoms with Crippen LogP contribution in [0.5, 0.6) is 0 Å². The number of rotatable bonds is 2. The van der Waals surface area contributed by atoms with Gasteiger partial charge in [0.25, 0.3) is 0 Å². The van der Waals surface area contributed by atoms with Crippen LogP contribution >= 0.6 is 15.9 Å². The fourth-order valence-corrected chi connectivity index (χ4v) is 4.63. The summed E-state index contributed by atoms with van der Waals surface area (Å²) < 4.78 is 0.936. The summed E-state index contributed by atoms with van der Waals surface area (Å²) in [5, 5.41) is 10.4. The Bertz CT molecular complexity index is 740. The summed E-state index contributed by atoms with van der Waals surface area (Å²) in [7, 11) is 0. The molecule has 1 aromatic rings. The molecule has 1 saturated heterocycles. The molecule has 1 saturated carbocycles. The van der Waals surface area contributed by atoms with Gasteiger partial charge in [0.1, 0.15) is 0 Å². The van der Waals surface area contributed by atoms with E-state index in [1.165, 1.54) is 4.90 Å². The molecule has 0 bridgehead atoms. The van der Waals surface area contributed by atoms with Crippen molar-refractivity contribution >= 4 is 27.7 Å². The van der Waals surface area contributed by atoms with Crippen molar-refractivity contribution in [1.82, 2.24) is 4.90 Å². The Labute approximate surface area is 149 Å². The maximum absolute atomic E-state index is 13.0. The molecule has 2 aliphatic carbocycles. The largest absolute Gasteiger partial charge is 0.390 e. The van der Waals surface area contributed by atoms with Crippen molar-refractivity contribution in [3.05, 3.63) is 58.6 Å². The van der Waals surface area contributed by atoms with Crippen LogP contribution in [0, 0.1) is 11.8 Å². The number of imide groups is 1. The van der Waals surface area contributed by atoms with Crippen LogP contribution in [0.25, 0.3) is 0 Å². The smallest absolute Gasteiger partial charge is 0.238 e. The Hall–Kier alpha value is -1.72. The van der Waals surface area contributed by atoms with Crippen molar-refractivity contribution in [1.29, 1.82) is 0 Å². The van der Waals surface area contributed by atoms with Gasteiger partial charge in [0.15, 0.2) is 0 Å². The number of amides is 2. The van der Waals surface area contributed by atoms with Gasteiger partial charge in [0.05, 0.1) is 23.0 Å². The van der Waals surface area contributed by atoms with Crippen molar-refractivity contribution in [2.24, 2.45) is 11.8 Å². The average molecular weight is 388 g/mol. The van der Waals surface area contributed by atoms with Gasteiger partial charge in [-0.15, -0.1) is 0 Å². The Morgan fingerprint density at radius 3 is 2.00 bits per heavy atom. The lowest BCUT2D eigenvalue weighted by Crippen LogP contribution is -2.63. The van der Waals surface area contributed by atoms with Crippen LogP contribution in [-0.4, -0.2) is 27.4 Å². The van der Waals surface area contributed by atoms with E-state index < -0.39 is 23.0 Å². The molecule has 24 heavy (non-hydrogen) atoms. The number of hydrogen-bond donors (Lipinski definition) is 1. The third kappa shape index (κ3) is 2.15. The Balaban J connectivity index is 1.79. The average Bonchev–Trinajstić information content (AvgIpc) is 2.78. The molecule has 5 heteroatoms. The maximum Gasteiger partial charge on any atom is 0.238 e. The summed E-state index contributed by atoms with van der Waals surface area (Å²) in [6, 6.07) is 7.66. The highest BCUT2D eigenvalue weighted by Gasteiger charge is 2.63. The SMILES string of the molecule is CC1(O)CC(c2ccc(Br)cc2)(N2C(=O)C3C=CC=CC3C2=O)C1. The van der Waals surface area contributed by atoms with Gasteiger partial charge < -0.3 is 5.11 Å². The molecule has 4 rings (SSSR count). The summed E-state index contributed by atoms with van der Waals surface area (Å²) in [5.41, 5.74) is -0.727. The standard InChI is InChI=1S/C19H18BrNO3/c1-18(24)10-19(11-18,12-6-8-13(20)9-7-12)21-16(22)14-4-2-3-5-15(14)17(21)23/h2-9,14-15,24H,10-11H2,1H3. The molecule has 2 unspecified atom stereocenters. The predicted octanol–water partition coefficient (Wildman–Crippen LogP) is 2.92. The fourth-order valence-electron chi connectivity index (χ4n) is 4.37. The molecular formula is C19H18BrNO3. The van der Waals surface area contributed by atoms with E-state index in [1.54, 1.807) is 19.1 Å². The molecule has 4 nitrogen and oxygen atoms in total. The van der Waals surface area contributed by atoms with E-state index in [0.29, 0.717) is 12.8 Å². The van der Waals surface area contributed by atoms with Crippen LogP contribution in [0.1, 0.15) is 25.3 Å². The van der Waals surface area contributed by atoms with Gasteiger partial charge in [0, 0.05) is 17.3 Å². The Morgan fingerprint density at radius 1 is 1.04 bits per heavy atom. The van der Waals surface area contributed by atoms with E-state index in [1.807, 2.05) is 36.4 Å². The van der Waals surface area contributed by atoms with E-state index in [2.05, 4.69) is 15.9 Å². The first-order valence-corrected chi connectivity index (χ1v) is 8.85. The number of nitrogens with zero attached hydrogens (tertiary/aromatic N) is 1. The molecule has 3 aliphatic rings. The second-order valence-corrected chi connectivity index (χ2v) is 8.14. The molecule has 0 radical (unpaired) electrons. The molecular weight excluding hydrogens is 370 g/mol. The predicted molar refractivity (Wildman–Crippen MR) is 92.8 cm³/mol. The van der Waals surface area contributed by atoms with Crippen LogP contribution < -0.4 is 0 Å². The van der Waals surface area contributed by atoms with Gasteiger partial charge >= 0.3 is 0 Å². The fraction of sp³-hybridized carbons (Fsp3) is 0.368. The summed E-state index contributed by atoms with van der Waals surface area (Å²) >= 11 is 3.42. The first-order chi connectivity index (χ1) is 11.3. The van der Waals surface area contributed by atoms with E-state index >= 15 is 0 Å². The quantitative estimate of drug-likeness (QED) is 0.793. The first kappa shape index (κ1) is 15.8. The summed E-state index contributed by atoms with van der Waals surface area (Å²) in [4.78, 5) is 27.4. The number of benzene rings is 1. The molecule has 2 fully saturated rings. The van der Waals surface area contributed by atoms with Gasteiger partial charge in [-0.3, -0.25) is 14.5 Å². The van der Waals surface area contributed by atoms with Crippen LogP contribution in [0.15, 0.2) is 53.0 Å². The molecule has 124 valence electrons. The number of fused-ring (bicyclic) bond motifs is 1. The number of hydrogen-bond acceptors (Lipinski definition) is 3. The zero-order valence-corrected chi connectivity index (χ0v) is 14.9. The Morgan fingerprint density at radius 2 is 1.54 bits per heavy atom. The van der Waals surface area contributed by atoms with E-state index in [4.69, 9.17) is 0 Å². The zero-order chi connectivity index (χ0) is 17.1. The van der Waals surface area contributed by atoms with Gasteiger partial charge in [-0.1, -0.05) is 52.4 Å². The van der Waals surface area contributed by atoms with Crippen LogP contribution in [0.3, 0.4) is 0 Å². The number of allylic oxidation sites excluding steroid dienone is 2. The van der Waals surface area contributed by atoms with Gasteiger partial charge in [-0.25, -0.2) is 0 Å². The van der Waals surface area contributed by atoms with Crippen molar-refractivity contribution in [2.45, 2.75) is 30.9 Å². The van der Waals surface area contributed by atoms with Crippen LogP contribution in [-0.2, 0) is 15.1 Å². The third-order valence-corrected chi connectivity index (χ3v) is 5.83. The minimum atomic E-state index is -0.868. The van der Waals surface area contributed by atoms with E-state index in [9.17, 15) is 14.7 Å². The Kier molecular flexibility index (Phi) is 3.38. The highest BCUT2D eigenvalue weighted by Crippen LogP contribution is 2.55. The number of halogens is 1. The summed E-state index contributed by atoms with van der Waals surface area (Å²) in [6.45, 7) is 1.75. The molecule has 0 spiro atoms. The molecule has 1 heterocycles. The lowest BCUT2D eigenvalue weighted by Gasteiger charge is -2.55. The summed E-state index contributed by atoms with van der Waals surface area (Å²) in [5.74, 6) is -1.16. The molecule has 2 amide bonds. The highest BCUT2D eigenvalue weighted by molar-refractivity contribution is 9.10. The minimum Gasteiger partial charge on any atom is -0.390 e. The number of likely N-dealkylation sites (tertiary alicyclic amines) is 1. The summed E-state index contributed by atoms with van der Waals surface area (Å²) in [6.07, 6.45) is 7.98. The van der Waals surface area contributed by atoms with Crippen LogP contribution in [0.4, 0.5) is 0 Å². The maximum atomic E-state index is 13.0. The zero-order valence-electron chi connectivity index (χ0n) is 13.3. The number of carbonyl (C=O) groups excluding carboxylic acids is 2. The van der Waals surface area contributed by atoms with Gasteiger partial charge in [-0.2, -0.15) is 0 Å². The number of carbonyl (C=O) groups is 2. The van der Waals surface area contributed by atoms with Crippen molar-refractivity contribution < 1.29 is 14.7 Å². The molecule has 1 N–H and O–H groups in total. The van der Waals surface area contributed by atoms with Crippen molar-refractivity contribution in [3.63, 3.8) is 0 Å². The lowest BCUT2D eigenvalue weighted by atomic mass is 9.61. The van der Waals surface area contributed by atoms with Gasteiger partial charge in [-0.05, 0) is 24.6 Å². The minimum absolute atomic E-state index is 0.163.